The van der Waals surface area contributed by atoms with Gasteiger partial charge in [-0.1, -0.05) is 142 Å². The summed E-state index contributed by atoms with van der Waals surface area (Å²) in [4.78, 5) is 0. The molecule has 0 nitrogen and oxygen atoms in total. The lowest BCUT2D eigenvalue weighted by atomic mass is 9.86. The summed E-state index contributed by atoms with van der Waals surface area (Å²) in [6.07, 6.45) is 0. The zero-order valence-electron chi connectivity index (χ0n) is 22.7. The highest BCUT2D eigenvalue weighted by Gasteiger charge is 2.16. The second-order valence-corrected chi connectivity index (χ2v) is 9.86. The van der Waals surface area contributed by atoms with E-state index in [1.54, 1.807) is 24.3 Å². The van der Waals surface area contributed by atoms with Crippen LogP contribution in [0.4, 0.5) is 8.78 Å². The third kappa shape index (κ3) is 7.65. The van der Waals surface area contributed by atoms with Gasteiger partial charge in [-0.05, 0) is 33.1 Å². The van der Waals surface area contributed by atoms with Crippen LogP contribution in [-0.4, -0.2) is 0 Å². The summed E-state index contributed by atoms with van der Waals surface area (Å²) in [5.41, 5.74) is 4.93. The lowest BCUT2D eigenvalue weighted by molar-refractivity contribution is 0.590. The topological polar surface area (TPSA) is 0 Å². The average Bonchev–Trinajstić information content (AvgIpc) is 2.85. The van der Waals surface area contributed by atoms with Crippen LogP contribution in [0.3, 0.4) is 0 Å². The maximum Gasteiger partial charge on any atom is 0.166 e. The molecule has 0 amide bonds. The van der Waals surface area contributed by atoms with Gasteiger partial charge >= 0.3 is 0 Å². The predicted molar refractivity (Wildman–Crippen MR) is 147 cm³/mol. The van der Waals surface area contributed by atoms with Gasteiger partial charge in [-0.25, -0.2) is 8.78 Å². The highest BCUT2D eigenvalue weighted by atomic mass is 19.2. The van der Waals surface area contributed by atoms with Gasteiger partial charge in [0.25, 0.3) is 0 Å². The van der Waals surface area contributed by atoms with Crippen molar-refractivity contribution in [3.8, 4) is 11.1 Å². The smallest absolute Gasteiger partial charge is 0.166 e. The fourth-order valence-electron chi connectivity index (χ4n) is 3.34. The van der Waals surface area contributed by atoms with Gasteiger partial charge in [0.2, 0.25) is 0 Å². The number of benzene rings is 3. The first-order chi connectivity index (χ1) is 16.0. The van der Waals surface area contributed by atoms with Crippen molar-refractivity contribution in [3.63, 3.8) is 0 Å². The summed E-state index contributed by atoms with van der Waals surface area (Å²) in [6.45, 7) is 20.8. The van der Waals surface area contributed by atoms with E-state index in [1.807, 2.05) is 52.0 Å². The molecule has 3 aromatic rings. The van der Waals surface area contributed by atoms with Crippen molar-refractivity contribution in [2.75, 3.05) is 0 Å². The minimum Gasteiger partial charge on any atom is -0.203 e. The Balaban J connectivity index is 0.00000137. The molecule has 0 heterocycles. The minimum atomic E-state index is -0.840. The van der Waals surface area contributed by atoms with E-state index < -0.39 is 11.7 Å². The van der Waals surface area contributed by atoms with Crippen molar-refractivity contribution in [2.24, 2.45) is 0 Å². The Morgan fingerprint density at radius 2 is 0.676 bits per heavy atom. The van der Waals surface area contributed by atoms with Crippen LogP contribution < -0.4 is 0 Å². The molecule has 0 saturated carbocycles. The van der Waals surface area contributed by atoms with Crippen LogP contribution in [-0.2, 0) is 10.8 Å². The monoisotopic (exact) mass is 464 g/mol. The van der Waals surface area contributed by atoms with Crippen molar-refractivity contribution in [2.45, 2.75) is 80.1 Å². The van der Waals surface area contributed by atoms with Crippen LogP contribution >= 0.6 is 0 Å². The Morgan fingerprint density at radius 1 is 0.441 bits per heavy atom. The first-order valence-electron chi connectivity index (χ1n) is 12.3. The molecule has 3 aromatic carbocycles. The fourth-order valence-corrected chi connectivity index (χ4v) is 3.34. The van der Waals surface area contributed by atoms with Crippen LogP contribution in [0.5, 0.6) is 0 Å². The Labute approximate surface area is 206 Å². The van der Waals surface area contributed by atoms with Crippen molar-refractivity contribution >= 4 is 11.7 Å². The molecule has 0 radical (unpaired) electrons. The summed E-state index contributed by atoms with van der Waals surface area (Å²) in [7, 11) is 0. The van der Waals surface area contributed by atoms with Gasteiger partial charge in [-0.15, -0.1) is 0 Å². The van der Waals surface area contributed by atoms with Gasteiger partial charge in [-0.2, -0.15) is 0 Å². The molecule has 0 bridgehead atoms. The Bertz CT molecular complexity index is 1020. The standard InChI is InChI=1S/C28H30F2.2C2H6/c1-27(2,3)23-15-11-20(12-16-23)19-7-9-21(10-8-19)25(29)26(30)22-13-17-24(18-14-22)28(4,5)6;2*1-2/h7-18H,1-6H3;2*1-2H3. The van der Waals surface area contributed by atoms with Crippen molar-refractivity contribution in [3.05, 3.63) is 95.1 Å². The zero-order valence-corrected chi connectivity index (χ0v) is 22.7. The lowest BCUT2D eigenvalue weighted by Gasteiger charge is -2.19. The summed E-state index contributed by atoms with van der Waals surface area (Å²) in [6, 6.07) is 22.3. The number of hydrogen-bond donors (Lipinski definition) is 0. The molecule has 34 heavy (non-hydrogen) atoms. The normalized spacial score (nSPS) is 12.0. The Hall–Kier alpha value is -2.74. The summed E-state index contributed by atoms with van der Waals surface area (Å²) < 4.78 is 29.5. The van der Waals surface area contributed by atoms with Gasteiger partial charge in [0.1, 0.15) is 0 Å². The van der Waals surface area contributed by atoms with Gasteiger partial charge in [0.15, 0.2) is 11.7 Å². The second kappa shape index (κ2) is 12.6. The van der Waals surface area contributed by atoms with E-state index in [1.165, 1.54) is 5.56 Å². The van der Waals surface area contributed by atoms with E-state index in [0.29, 0.717) is 0 Å². The second-order valence-electron chi connectivity index (χ2n) is 9.86. The third-order valence-corrected chi connectivity index (χ3v) is 5.42. The van der Waals surface area contributed by atoms with Gasteiger partial charge in [0, 0.05) is 11.1 Å². The maximum absolute atomic E-state index is 14.8. The van der Waals surface area contributed by atoms with Gasteiger partial charge < -0.3 is 0 Å². The number of rotatable bonds is 3. The maximum atomic E-state index is 14.8. The fraction of sp³-hybridized carbons (Fsp3) is 0.375. The molecule has 0 atom stereocenters. The van der Waals surface area contributed by atoms with Crippen LogP contribution in [0, 0.1) is 0 Å². The number of hydrogen-bond acceptors (Lipinski definition) is 0. The third-order valence-electron chi connectivity index (χ3n) is 5.42. The molecule has 184 valence electrons. The van der Waals surface area contributed by atoms with E-state index >= 15 is 0 Å². The highest BCUT2D eigenvalue weighted by molar-refractivity contribution is 5.83. The minimum absolute atomic E-state index is 0.0296. The molecule has 0 fully saturated rings. The number of halogens is 2. The SMILES string of the molecule is CC.CC.CC(C)(C)c1ccc(C(F)=C(F)c2ccc(-c3ccc(C(C)(C)C)cc3)cc2)cc1. The van der Waals surface area contributed by atoms with Crippen molar-refractivity contribution in [1.29, 1.82) is 0 Å². The molecule has 2 heteroatoms. The molecular weight excluding hydrogens is 422 g/mol. The predicted octanol–water partition coefficient (Wildman–Crippen LogP) is 10.8. The molecule has 0 saturated heterocycles. The molecule has 0 aliphatic heterocycles. The quantitative estimate of drug-likeness (QED) is 0.338. The Kier molecular flexibility index (Phi) is 10.9. The molecule has 0 unspecified atom stereocenters. The van der Waals surface area contributed by atoms with Gasteiger partial charge in [-0.3, -0.25) is 0 Å². The van der Waals surface area contributed by atoms with E-state index in [-0.39, 0.29) is 22.0 Å². The van der Waals surface area contributed by atoms with Crippen LogP contribution in [0.2, 0.25) is 0 Å². The van der Waals surface area contributed by atoms with Crippen LogP contribution in [0.1, 0.15) is 91.5 Å². The first-order valence-corrected chi connectivity index (χ1v) is 12.3. The van der Waals surface area contributed by atoms with Crippen LogP contribution in [0.15, 0.2) is 72.8 Å². The highest BCUT2D eigenvalue weighted by Crippen LogP contribution is 2.32. The molecule has 0 aliphatic rings. The van der Waals surface area contributed by atoms with Gasteiger partial charge in [0.05, 0.1) is 0 Å². The van der Waals surface area contributed by atoms with E-state index in [4.69, 9.17) is 0 Å². The molecule has 0 N–H and O–H groups in total. The summed E-state index contributed by atoms with van der Waals surface area (Å²) in [5, 5.41) is 0. The summed E-state index contributed by atoms with van der Waals surface area (Å²) >= 11 is 0. The first kappa shape index (κ1) is 29.3. The van der Waals surface area contributed by atoms with Crippen molar-refractivity contribution < 1.29 is 8.78 Å². The molecule has 0 aliphatic carbocycles. The van der Waals surface area contributed by atoms with Crippen LogP contribution in [0.25, 0.3) is 22.8 Å². The molecule has 0 spiro atoms. The van der Waals surface area contributed by atoms with E-state index in [0.717, 1.165) is 16.7 Å². The largest absolute Gasteiger partial charge is 0.203 e. The zero-order chi connectivity index (χ0) is 26.1. The lowest BCUT2D eigenvalue weighted by Crippen LogP contribution is -2.10. The molecular formula is C32H42F2. The van der Waals surface area contributed by atoms with Crippen molar-refractivity contribution in [1.82, 2.24) is 0 Å². The van der Waals surface area contributed by atoms with E-state index in [2.05, 4.69) is 65.8 Å². The average molecular weight is 465 g/mol. The molecule has 0 aromatic heterocycles. The molecule has 3 rings (SSSR count). The summed E-state index contributed by atoms with van der Waals surface area (Å²) in [5.74, 6) is -1.68. The van der Waals surface area contributed by atoms with E-state index in [9.17, 15) is 8.78 Å². The Morgan fingerprint density at radius 3 is 0.971 bits per heavy atom.